The molecular weight excluding hydrogens is 370 g/mol. The van der Waals surface area contributed by atoms with Crippen LogP contribution in [0.2, 0.25) is 5.02 Å². The van der Waals surface area contributed by atoms with Crippen LogP contribution in [0.15, 0.2) is 36.4 Å². The predicted octanol–water partition coefficient (Wildman–Crippen LogP) is 4.37. The second kappa shape index (κ2) is 8.44. The van der Waals surface area contributed by atoms with Crippen LogP contribution in [0.25, 0.3) is 10.3 Å². The highest BCUT2D eigenvalue weighted by Crippen LogP contribution is 2.27. The van der Waals surface area contributed by atoms with Gasteiger partial charge in [-0.2, -0.15) is 0 Å². The zero-order valence-corrected chi connectivity index (χ0v) is 16.2. The molecule has 0 aliphatic heterocycles. The number of aromatic nitrogens is 2. The first kappa shape index (κ1) is 18.6. The molecule has 2 aromatic heterocycles. The third-order valence-electron chi connectivity index (χ3n) is 3.88. The van der Waals surface area contributed by atoms with Gasteiger partial charge in [-0.05, 0) is 49.5 Å². The van der Waals surface area contributed by atoms with Gasteiger partial charge in [0.25, 0.3) is 0 Å². The van der Waals surface area contributed by atoms with Gasteiger partial charge >= 0.3 is 0 Å². The van der Waals surface area contributed by atoms with E-state index >= 15 is 0 Å². The average molecular weight is 390 g/mol. The van der Waals surface area contributed by atoms with Crippen molar-refractivity contribution in [1.29, 1.82) is 0 Å². The summed E-state index contributed by atoms with van der Waals surface area (Å²) < 4.78 is 0. The summed E-state index contributed by atoms with van der Waals surface area (Å²) in [6.07, 6.45) is 0. The smallest absolute Gasteiger partial charge is 0.240 e. The maximum atomic E-state index is 12.1. The summed E-state index contributed by atoms with van der Waals surface area (Å²) in [6.45, 7) is 6.11. The number of nitrogens with zero attached hydrogens (tertiary/aromatic N) is 3. The van der Waals surface area contributed by atoms with Gasteiger partial charge in [0, 0.05) is 10.7 Å². The maximum absolute atomic E-state index is 12.1. The molecule has 136 valence electrons. The minimum absolute atomic E-state index is 0.0627. The number of fused-ring (bicyclic) bond motifs is 1. The normalized spacial score (nSPS) is 11.1. The molecule has 2 N–H and O–H groups in total. The molecule has 2 heterocycles. The minimum atomic E-state index is -0.0627. The van der Waals surface area contributed by atoms with E-state index in [9.17, 15) is 4.79 Å². The van der Waals surface area contributed by atoms with Crippen molar-refractivity contribution < 1.29 is 4.79 Å². The number of pyridine rings is 1. The van der Waals surface area contributed by atoms with E-state index in [2.05, 4.69) is 25.5 Å². The lowest BCUT2D eigenvalue weighted by atomic mass is 10.3. The van der Waals surface area contributed by atoms with E-state index in [0.717, 1.165) is 29.1 Å². The Morgan fingerprint density at radius 3 is 2.54 bits per heavy atom. The van der Waals surface area contributed by atoms with E-state index in [4.69, 9.17) is 11.6 Å². The second-order valence-corrected chi connectivity index (χ2v) is 7.10. The number of rotatable bonds is 7. The van der Waals surface area contributed by atoms with Gasteiger partial charge in [0.15, 0.2) is 5.13 Å². The number of hydrogen-bond donors (Lipinski definition) is 2. The fourth-order valence-electron chi connectivity index (χ4n) is 2.43. The molecule has 0 saturated heterocycles. The van der Waals surface area contributed by atoms with Crippen molar-refractivity contribution in [3.8, 4) is 0 Å². The molecule has 0 fully saturated rings. The molecule has 0 radical (unpaired) electrons. The molecule has 26 heavy (non-hydrogen) atoms. The number of nitrogens with one attached hydrogen (secondary N) is 2. The monoisotopic (exact) mass is 389 g/mol. The molecule has 0 spiro atoms. The van der Waals surface area contributed by atoms with Crippen molar-refractivity contribution >= 4 is 55.8 Å². The number of amides is 1. The van der Waals surface area contributed by atoms with E-state index in [1.54, 1.807) is 0 Å². The maximum Gasteiger partial charge on any atom is 0.240 e. The van der Waals surface area contributed by atoms with Crippen LogP contribution in [-0.4, -0.2) is 40.4 Å². The predicted molar refractivity (Wildman–Crippen MR) is 109 cm³/mol. The molecule has 6 nitrogen and oxygen atoms in total. The van der Waals surface area contributed by atoms with Gasteiger partial charge in [-0.3, -0.25) is 9.69 Å². The zero-order chi connectivity index (χ0) is 18.5. The number of likely N-dealkylation sites (N-methyl/N-ethyl adjacent to an activating group) is 1. The van der Waals surface area contributed by atoms with Gasteiger partial charge in [0.1, 0.15) is 16.2 Å². The highest BCUT2D eigenvalue weighted by molar-refractivity contribution is 7.22. The Morgan fingerprint density at radius 1 is 1.12 bits per heavy atom. The first-order chi connectivity index (χ1) is 12.6. The van der Waals surface area contributed by atoms with Crippen LogP contribution in [0.1, 0.15) is 13.8 Å². The van der Waals surface area contributed by atoms with E-state index in [0.29, 0.717) is 22.5 Å². The number of halogens is 1. The third kappa shape index (κ3) is 4.69. The second-order valence-electron chi connectivity index (χ2n) is 5.68. The van der Waals surface area contributed by atoms with Crippen LogP contribution < -0.4 is 10.6 Å². The van der Waals surface area contributed by atoms with E-state index in [-0.39, 0.29) is 5.91 Å². The first-order valence-corrected chi connectivity index (χ1v) is 9.59. The summed E-state index contributed by atoms with van der Waals surface area (Å²) in [5.41, 5.74) is 1.66. The summed E-state index contributed by atoms with van der Waals surface area (Å²) in [6, 6.07) is 11.2. The van der Waals surface area contributed by atoms with Gasteiger partial charge in [0.2, 0.25) is 5.91 Å². The lowest BCUT2D eigenvalue weighted by Gasteiger charge is -2.16. The fraction of sp³-hybridized carbons (Fsp3) is 0.278. The quantitative estimate of drug-likeness (QED) is 0.628. The Hall–Kier alpha value is -2.22. The van der Waals surface area contributed by atoms with E-state index in [1.165, 1.54) is 11.3 Å². The molecule has 0 unspecified atom stereocenters. The number of hydrogen-bond acceptors (Lipinski definition) is 6. The molecule has 0 saturated carbocycles. The van der Waals surface area contributed by atoms with Gasteiger partial charge in [0.05, 0.1) is 6.54 Å². The number of thiazole rings is 1. The van der Waals surface area contributed by atoms with Gasteiger partial charge in [-0.15, -0.1) is 0 Å². The molecule has 0 atom stereocenters. The van der Waals surface area contributed by atoms with Crippen molar-refractivity contribution in [3.63, 3.8) is 0 Å². The van der Waals surface area contributed by atoms with Crippen LogP contribution in [0.5, 0.6) is 0 Å². The Kier molecular flexibility index (Phi) is 6.03. The van der Waals surface area contributed by atoms with Crippen molar-refractivity contribution in [3.05, 3.63) is 41.4 Å². The Labute approximate surface area is 161 Å². The molecule has 0 aliphatic carbocycles. The average Bonchev–Trinajstić information content (AvgIpc) is 3.03. The van der Waals surface area contributed by atoms with E-state index in [1.807, 2.05) is 50.2 Å². The minimum Gasteiger partial charge on any atom is -0.340 e. The summed E-state index contributed by atoms with van der Waals surface area (Å²) in [5.74, 6) is 0.650. The number of benzene rings is 1. The number of carbonyl (C=O) groups is 1. The molecule has 8 heteroatoms. The largest absolute Gasteiger partial charge is 0.340 e. The Balaban J connectivity index is 1.70. The van der Waals surface area contributed by atoms with Crippen LogP contribution in [0.4, 0.5) is 16.6 Å². The molecule has 1 amide bonds. The lowest BCUT2D eigenvalue weighted by molar-refractivity contribution is -0.117. The van der Waals surface area contributed by atoms with Crippen molar-refractivity contribution in [2.45, 2.75) is 13.8 Å². The number of anilines is 3. The highest BCUT2D eigenvalue weighted by atomic mass is 35.5. The van der Waals surface area contributed by atoms with Crippen LogP contribution >= 0.6 is 22.9 Å². The third-order valence-corrected chi connectivity index (χ3v) is 5.01. The fourth-order valence-corrected chi connectivity index (χ4v) is 3.41. The van der Waals surface area contributed by atoms with Crippen molar-refractivity contribution in [1.82, 2.24) is 14.9 Å². The SMILES string of the molecule is CCN(CC)CC(=O)Nc1nc2ccc(Nc3ccc(Cl)cc3)nc2s1. The van der Waals surface area contributed by atoms with Crippen molar-refractivity contribution in [2.24, 2.45) is 0 Å². The molecule has 0 bridgehead atoms. The molecule has 1 aromatic carbocycles. The molecular formula is C18H20ClN5OS. The molecule has 3 aromatic rings. The molecule has 0 aliphatic rings. The summed E-state index contributed by atoms with van der Waals surface area (Å²) in [4.78, 5) is 23.9. The highest BCUT2D eigenvalue weighted by Gasteiger charge is 2.11. The van der Waals surface area contributed by atoms with Crippen LogP contribution in [-0.2, 0) is 4.79 Å². The van der Waals surface area contributed by atoms with Crippen molar-refractivity contribution in [2.75, 3.05) is 30.3 Å². The zero-order valence-electron chi connectivity index (χ0n) is 14.6. The van der Waals surface area contributed by atoms with Crippen LogP contribution in [0, 0.1) is 0 Å². The topological polar surface area (TPSA) is 70.2 Å². The van der Waals surface area contributed by atoms with Crippen LogP contribution in [0.3, 0.4) is 0 Å². The Morgan fingerprint density at radius 2 is 1.85 bits per heavy atom. The summed E-state index contributed by atoms with van der Waals surface area (Å²) in [7, 11) is 0. The number of carbonyl (C=O) groups excluding carboxylic acids is 1. The summed E-state index contributed by atoms with van der Waals surface area (Å²) in [5, 5.41) is 7.34. The Bertz CT molecular complexity index is 892. The summed E-state index contributed by atoms with van der Waals surface area (Å²) >= 11 is 7.26. The lowest BCUT2D eigenvalue weighted by Crippen LogP contribution is -2.32. The van der Waals surface area contributed by atoms with Gasteiger partial charge < -0.3 is 10.6 Å². The molecule has 3 rings (SSSR count). The van der Waals surface area contributed by atoms with Gasteiger partial charge in [-0.1, -0.05) is 36.8 Å². The van der Waals surface area contributed by atoms with Gasteiger partial charge in [-0.25, -0.2) is 9.97 Å². The first-order valence-electron chi connectivity index (χ1n) is 8.39. The standard InChI is InChI=1S/C18H20ClN5OS/c1-3-24(4-2)11-16(25)23-18-21-14-9-10-15(22-17(14)26-18)20-13-7-5-12(19)6-8-13/h5-10H,3-4,11H2,1-2H3,(H,20,22)(H,21,23,25). The van der Waals surface area contributed by atoms with E-state index < -0.39 is 0 Å².